The minimum atomic E-state index is -1.20. The molecule has 2 heterocycles. The Labute approximate surface area is 84.9 Å². The topological polar surface area (TPSA) is 68.0 Å². The third-order valence-corrected chi connectivity index (χ3v) is 3.06. The predicted molar refractivity (Wildman–Crippen MR) is 47.2 cm³/mol. The summed E-state index contributed by atoms with van der Waals surface area (Å²) in [6.45, 7) is 0. The number of hydrogen-bond acceptors (Lipinski definition) is 3. The molecule has 0 saturated heterocycles. The molecule has 1 aliphatic heterocycles. The highest BCUT2D eigenvalue weighted by Gasteiger charge is 2.43. The lowest BCUT2D eigenvalue weighted by molar-refractivity contribution is 0.0682. The fourth-order valence-electron chi connectivity index (χ4n) is 2.17. The highest BCUT2D eigenvalue weighted by atomic mass is 19.1. The molecule has 15 heavy (non-hydrogen) atoms. The van der Waals surface area contributed by atoms with Crippen LogP contribution in [0.15, 0.2) is 0 Å². The second-order valence-electron chi connectivity index (χ2n) is 4.15. The van der Waals surface area contributed by atoms with Crippen LogP contribution in [0.1, 0.15) is 47.9 Å². The maximum Gasteiger partial charge on any atom is 0.375 e. The SMILES string of the molecule is O=C(O)c1nc2n(n1)C(C1CC1)CC2F. The molecule has 1 aliphatic carbocycles. The predicted octanol–water partition coefficient (Wildman–Crippen LogP) is 1.34. The third kappa shape index (κ3) is 1.24. The van der Waals surface area contributed by atoms with Gasteiger partial charge in [-0.1, -0.05) is 0 Å². The summed E-state index contributed by atoms with van der Waals surface area (Å²) in [5, 5.41) is 12.6. The number of halogens is 1. The summed E-state index contributed by atoms with van der Waals surface area (Å²) in [6, 6.07) is 0.0237. The van der Waals surface area contributed by atoms with E-state index in [1.54, 1.807) is 0 Å². The molecule has 0 aromatic carbocycles. The molecule has 0 bridgehead atoms. The van der Waals surface area contributed by atoms with Crippen molar-refractivity contribution in [3.05, 3.63) is 11.6 Å². The number of fused-ring (bicyclic) bond motifs is 1. The van der Waals surface area contributed by atoms with Crippen LogP contribution in [0.3, 0.4) is 0 Å². The summed E-state index contributed by atoms with van der Waals surface area (Å²) < 4.78 is 15.0. The van der Waals surface area contributed by atoms with E-state index in [0.717, 1.165) is 12.8 Å². The standard InChI is InChI=1S/C9H10FN3O2/c10-5-3-6(4-1-2-4)13-8(5)11-7(12-13)9(14)15/h4-6H,1-3H2,(H,14,15). The molecule has 1 fully saturated rings. The largest absolute Gasteiger partial charge is 0.475 e. The number of hydrogen-bond donors (Lipinski definition) is 1. The van der Waals surface area contributed by atoms with Crippen LogP contribution in [0.5, 0.6) is 0 Å². The van der Waals surface area contributed by atoms with Crippen molar-refractivity contribution in [2.75, 3.05) is 0 Å². The molecule has 1 N–H and O–H groups in total. The van der Waals surface area contributed by atoms with Gasteiger partial charge in [0, 0.05) is 6.42 Å². The Kier molecular flexibility index (Phi) is 1.63. The van der Waals surface area contributed by atoms with Crippen LogP contribution in [0.2, 0.25) is 0 Å². The van der Waals surface area contributed by atoms with Gasteiger partial charge in [0.25, 0.3) is 5.82 Å². The van der Waals surface area contributed by atoms with Crippen molar-refractivity contribution in [2.45, 2.75) is 31.5 Å². The van der Waals surface area contributed by atoms with E-state index < -0.39 is 12.1 Å². The number of alkyl halides is 1. The van der Waals surface area contributed by atoms with E-state index in [9.17, 15) is 9.18 Å². The number of carbonyl (C=O) groups is 1. The van der Waals surface area contributed by atoms with Crippen molar-refractivity contribution in [3.63, 3.8) is 0 Å². The van der Waals surface area contributed by atoms with Gasteiger partial charge in [0.15, 0.2) is 12.0 Å². The Hall–Kier alpha value is -1.46. The van der Waals surface area contributed by atoms with Crippen molar-refractivity contribution in [3.8, 4) is 0 Å². The quantitative estimate of drug-likeness (QED) is 0.801. The van der Waals surface area contributed by atoms with Gasteiger partial charge in [0.05, 0.1) is 6.04 Å². The molecular formula is C9H10FN3O2. The number of rotatable bonds is 2. The molecule has 2 aliphatic rings. The summed E-state index contributed by atoms with van der Waals surface area (Å²) in [7, 11) is 0. The number of carboxylic acids is 1. The Morgan fingerprint density at radius 1 is 1.53 bits per heavy atom. The average Bonchev–Trinajstić information content (AvgIpc) is 2.83. The second kappa shape index (κ2) is 2.77. The molecule has 0 spiro atoms. The van der Waals surface area contributed by atoms with Gasteiger partial charge in [-0.15, -0.1) is 5.10 Å². The van der Waals surface area contributed by atoms with Crippen LogP contribution < -0.4 is 0 Å². The normalized spacial score (nSPS) is 29.1. The van der Waals surface area contributed by atoms with Gasteiger partial charge >= 0.3 is 5.97 Å². The van der Waals surface area contributed by atoms with Gasteiger partial charge < -0.3 is 5.11 Å². The van der Waals surface area contributed by atoms with Crippen molar-refractivity contribution < 1.29 is 14.3 Å². The molecule has 1 aromatic rings. The molecule has 2 unspecified atom stereocenters. The first-order valence-electron chi connectivity index (χ1n) is 5.00. The van der Waals surface area contributed by atoms with E-state index in [1.807, 2.05) is 0 Å². The van der Waals surface area contributed by atoms with Crippen molar-refractivity contribution >= 4 is 5.97 Å². The Balaban J connectivity index is 2.01. The highest BCUT2D eigenvalue weighted by Crippen LogP contribution is 2.48. The van der Waals surface area contributed by atoms with Gasteiger partial charge in [0.1, 0.15) is 0 Å². The monoisotopic (exact) mass is 211 g/mol. The summed E-state index contributed by atoms with van der Waals surface area (Å²) in [5.41, 5.74) is 0. The van der Waals surface area contributed by atoms with Gasteiger partial charge in [-0.2, -0.15) is 0 Å². The van der Waals surface area contributed by atoms with Gasteiger partial charge in [-0.3, -0.25) is 0 Å². The zero-order chi connectivity index (χ0) is 10.6. The van der Waals surface area contributed by atoms with E-state index in [0.29, 0.717) is 12.3 Å². The summed E-state index contributed by atoms with van der Waals surface area (Å²) in [4.78, 5) is 14.4. The number of aromatic carboxylic acids is 1. The maximum atomic E-state index is 13.5. The fraction of sp³-hybridized carbons (Fsp3) is 0.667. The van der Waals surface area contributed by atoms with Gasteiger partial charge in [0.2, 0.25) is 0 Å². The summed E-state index contributed by atoms with van der Waals surface area (Å²) in [6.07, 6.45) is 1.41. The van der Waals surface area contributed by atoms with Crippen LogP contribution in [0.25, 0.3) is 0 Å². The third-order valence-electron chi connectivity index (χ3n) is 3.06. The molecule has 1 saturated carbocycles. The highest BCUT2D eigenvalue weighted by molar-refractivity contribution is 5.82. The summed E-state index contributed by atoms with van der Waals surface area (Å²) in [5.74, 6) is -0.839. The van der Waals surface area contributed by atoms with Crippen LogP contribution in [0, 0.1) is 5.92 Å². The van der Waals surface area contributed by atoms with Crippen LogP contribution in [-0.4, -0.2) is 25.8 Å². The van der Waals surface area contributed by atoms with Crippen molar-refractivity contribution in [1.29, 1.82) is 0 Å². The smallest absolute Gasteiger partial charge is 0.375 e. The van der Waals surface area contributed by atoms with E-state index >= 15 is 0 Å². The molecule has 6 heteroatoms. The lowest BCUT2D eigenvalue weighted by atomic mass is 10.1. The lowest BCUT2D eigenvalue weighted by Gasteiger charge is -2.08. The molecule has 80 valence electrons. The number of nitrogens with zero attached hydrogens (tertiary/aromatic N) is 3. The van der Waals surface area contributed by atoms with Crippen LogP contribution in [-0.2, 0) is 0 Å². The van der Waals surface area contributed by atoms with E-state index in [2.05, 4.69) is 10.1 Å². The molecule has 2 atom stereocenters. The zero-order valence-electron chi connectivity index (χ0n) is 7.93. The van der Waals surface area contributed by atoms with Gasteiger partial charge in [-0.25, -0.2) is 18.9 Å². The molecular weight excluding hydrogens is 201 g/mol. The fourth-order valence-corrected chi connectivity index (χ4v) is 2.17. The second-order valence-corrected chi connectivity index (χ2v) is 4.15. The minimum Gasteiger partial charge on any atom is -0.475 e. The average molecular weight is 211 g/mol. The molecule has 5 nitrogen and oxygen atoms in total. The first-order chi connectivity index (χ1) is 7.16. The van der Waals surface area contributed by atoms with E-state index in [4.69, 9.17) is 5.11 Å². The van der Waals surface area contributed by atoms with Crippen molar-refractivity contribution in [1.82, 2.24) is 14.8 Å². The Morgan fingerprint density at radius 2 is 2.27 bits per heavy atom. The van der Waals surface area contributed by atoms with Crippen LogP contribution in [0.4, 0.5) is 4.39 Å². The Morgan fingerprint density at radius 3 is 2.87 bits per heavy atom. The van der Waals surface area contributed by atoms with Crippen LogP contribution >= 0.6 is 0 Å². The summed E-state index contributed by atoms with van der Waals surface area (Å²) >= 11 is 0. The number of carboxylic acid groups (broad SMARTS) is 1. The first kappa shape index (κ1) is 8.82. The van der Waals surface area contributed by atoms with Gasteiger partial charge in [-0.05, 0) is 18.8 Å². The molecule has 0 radical (unpaired) electrons. The lowest BCUT2D eigenvalue weighted by Crippen LogP contribution is -2.09. The first-order valence-corrected chi connectivity index (χ1v) is 5.00. The van der Waals surface area contributed by atoms with E-state index in [1.165, 1.54) is 4.68 Å². The van der Waals surface area contributed by atoms with E-state index in [-0.39, 0.29) is 17.7 Å². The maximum absolute atomic E-state index is 13.5. The zero-order valence-corrected chi connectivity index (χ0v) is 7.93. The molecule has 3 rings (SSSR count). The molecule has 1 aromatic heterocycles. The minimum absolute atomic E-state index is 0.0237. The van der Waals surface area contributed by atoms with Crippen molar-refractivity contribution in [2.24, 2.45) is 5.92 Å². The molecule has 0 amide bonds. The Bertz CT molecular complexity index is 427. The number of aromatic nitrogens is 3.